The topological polar surface area (TPSA) is 84.9 Å². The Morgan fingerprint density at radius 1 is 1.16 bits per heavy atom. The molecule has 19 heavy (non-hydrogen) atoms. The van der Waals surface area contributed by atoms with Crippen LogP contribution in [0.25, 0.3) is 0 Å². The van der Waals surface area contributed by atoms with Crippen LogP contribution < -0.4 is 5.32 Å². The molecule has 0 aliphatic carbocycles. The highest BCUT2D eigenvalue weighted by Gasteiger charge is 2.28. The van der Waals surface area contributed by atoms with Crippen molar-refractivity contribution in [2.24, 2.45) is 0 Å². The van der Waals surface area contributed by atoms with Crippen molar-refractivity contribution < 1.29 is 26.9 Å². The van der Waals surface area contributed by atoms with Crippen LogP contribution in [0.15, 0.2) is 0 Å². The van der Waals surface area contributed by atoms with Crippen molar-refractivity contribution in [1.82, 2.24) is 5.32 Å². The molecule has 0 unspecified atom stereocenters. The number of alkyl carbamates (subject to hydrolysis) is 1. The van der Waals surface area contributed by atoms with Gasteiger partial charge in [-0.1, -0.05) is 0 Å². The first-order valence-electron chi connectivity index (χ1n) is 7.04. The van der Waals surface area contributed by atoms with E-state index in [1.54, 1.807) is 41.5 Å². The van der Waals surface area contributed by atoms with Gasteiger partial charge in [0, 0.05) is 13.0 Å². The Balaban J connectivity index is 4.91. The number of amides is 1. The first-order chi connectivity index (χ1) is 9.09. The minimum absolute atomic E-state index is 0.638. The molecule has 0 aliphatic heterocycles. The third-order valence-electron chi connectivity index (χ3n) is 1.68. The predicted octanol–water partition coefficient (Wildman–Crippen LogP) is 1.60. The molecule has 1 atom stereocenters. The lowest BCUT2D eigenvalue weighted by atomic mass is 10.1. The number of rotatable bonds is 4. The summed E-state index contributed by atoms with van der Waals surface area (Å²) in [6.45, 7) is 7.26. The van der Waals surface area contributed by atoms with E-state index < -0.39 is 42.3 Å². The molecule has 0 spiro atoms. The molecule has 2 N–H and O–H groups in total. The molecule has 6 heteroatoms. The van der Waals surface area contributed by atoms with Gasteiger partial charge in [0.05, 0.1) is 2.74 Å². The minimum Gasteiger partial charge on any atom is -0.458 e. The number of hydrogen-bond donors (Lipinski definition) is 2. The smallest absolute Gasteiger partial charge is 0.408 e. The Hall–Kier alpha value is -1.30. The van der Waals surface area contributed by atoms with Gasteiger partial charge in [0.15, 0.2) is 0 Å². The Kier molecular flexibility index (Phi) is 5.01. The van der Waals surface area contributed by atoms with Crippen LogP contribution in [0.4, 0.5) is 4.79 Å². The molecule has 6 nitrogen and oxygen atoms in total. The SMILES string of the molecule is [3H]C([3H])(O)C[C@H](NC(=O)OC(C)(C)C)C(=O)OC(C)(C)C. The maximum atomic E-state index is 12.0. The van der Waals surface area contributed by atoms with Crippen LogP contribution in [0, 0.1) is 0 Å². The number of carbonyl (C=O) groups excluding carboxylic acids is 2. The molecule has 0 aromatic heterocycles. The summed E-state index contributed by atoms with van der Waals surface area (Å²) in [5.74, 6) is -0.841. The van der Waals surface area contributed by atoms with Crippen molar-refractivity contribution in [3.63, 3.8) is 0 Å². The molecular weight excluding hydrogens is 250 g/mol. The molecule has 0 heterocycles. The van der Waals surface area contributed by atoms with Crippen LogP contribution in [-0.4, -0.2) is 41.0 Å². The molecule has 0 aromatic carbocycles. The van der Waals surface area contributed by atoms with E-state index in [1.807, 2.05) is 0 Å². The molecule has 1 amide bonds. The average molecular weight is 279 g/mol. The Morgan fingerprint density at radius 2 is 1.63 bits per heavy atom. The van der Waals surface area contributed by atoms with Gasteiger partial charge in [0.25, 0.3) is 0 Å². The highest BCUT2D eigenvalue weighted by molar-refractivity contribution is 5.81. The number of nitrogens with one attached hydrogen (secondary N) is 1. The first kappa shape index (κ1) is 14.1. The molecule has 112 valence electrons. The minimum atomic E-state index is -2.63. The van der Waals surface area contributed by atoms with Gasteiger partial charge < -0.3 is 19.9 Å². The first-order valence-corrected chi connectivity index (χ1v) is 6.04. The second-order valence-electron chi connectivity index (χ2n) is 6.09. The van der Waals surface area contributed by atoms with Crippen molar-refractivity contribution in [2.45, 2.75) is 65.2 Å². The normalized spacial score (nSPS) is 15.9. The summed E-state index contributed by atoms with van der Waals surface area (Å²) < 4.78 is 24.4. The van der Waals surface area contributed by atoms with Crippen molar-refractivity contribution in [2.75, 3.05) is 6.56 Å². The van der Waals surface area contributed by atoms with E-state index in [1.165, 1.54) is 0 Å². The summed E-state index contributed by atoms with van der Waals surface area (Å²) in [5.41, 5.74) is -1.56. The Morgan fingerprint density at radius 3 is 2.00 bits per heavy atom. The second kappa shape index (κ2) is 6.75. The zero-order valence-corrected chi connectivity index (χ0v) is 12.4. The van der Waals surface area contributed by atoms with Crippen LogP contribution in [0.1, 0.15) is 50.7 Å². The maximum Gasteiger partial charge on any atom is 0.408 e. The molecular formula is C13H25NO5. The summed E-state index contributed by atoms with van der Waals surface area (Å²) in [5, 5.41) is 11.4. The van der Waals surface area contributed by atoms with Gasteiger partial charge in [-0.05, 0) is 41.5 Å². The van der Waals surface area contributed by atoms with E-state index in [0.29, 0.717) is 0 Å². The molecule has 0 bridgehead atoms. The number of aliphatic hydroxyl groups is 1. The van der Waals surface area contributed by atoms with Crippen molar-refractivity contribution in [3.05, 3.63) is 0 Å². The lowest BCUT2D eigenvalue weighted by molar-refractivity contribution is -0.157. The summed E-state index contributed by atoms with van der Waals surface area (Å²) in [6, 6.07) is -1.35. The fourth-order valence-electron chi connectivity index (χ4n) is 1.11. The number of esters is 1. The fraction of sp³-hybridized carbons (Fsp3) is 0.846. The monoisotopic (exact) mass is 279 g/mol. The molecule has 0 saturated heterocycles. The lowest BCUT2D eigenvalue weighted by Gasteiger charge is -2.25. The Bertz CT molecular complexity index is 379. The lowest BCUT2D eigenvalue weighted by Crippen LogP contribution is -2.46. The molecule has 0 saturated carbocycles. The van der Waals surface area contributed by atoms with Gasteiger partial charge in [-0.25, -0.2) is 9.59 Å². The van der Waals surface area contributed by atoms with Crippen LogP contribution in [0.5, 0.6) is 0 Å². The van der Waals surface area contributed by atoms with Crippen molar-refractivity contribution in [3.8, 4) is 0 Å². The van der Waals surface area contributed by atoms with Gasteiger partial charge >= 0.3 is 12.1 Å². The Labute approximate surface area is 117 Å². The highest BCUT2D eigenvalue weighted by Crippen LogP contribution is 2.11. The van der Waals surface area contributed by atoms with Crippen LogP contribution >= 0.6 is 0 Å². The fourth-order valence-corrected chi connectivity index (χ4v) is 1.11. The molecule has 0 aliphatic rings. The van der Waals surface area contributed by atoms with Gasteiger partial charge in [-0.15, -0.1) is 0 Å². The average Bonchev–Trinajstić information content (AvgIpc) is 2.07. The van der Waals surface area contributed by atoms with Gasteiger partial charge in [-0.2, -0.15) is 0 Å². The van der Waals surface area contributed by atoms with E-state index in [4.69, 9.17) is 12.2 Å². The predicted molar refractivity (Wildman–Crippen MR) is 70.7 cm³/mol. The van der Waals surface area contributed by atoms with Gasteiger partial charge in [-0.3, -0.25) is 0 Å². The van der Waals surface area contributed by atoms with Gasteiger partial charge in [0.1, 0.15) is 17.2 Å². The molecule has 0 rings (SSSR count). The van der Waals surface area contributed by atoms with Gasteiger partial charge in [0.2, 0.25) is 0 Å². The molecule has 0 radical (unpaired) electrons. The zero-order valence-electron chi connectivity index (χ0n) is 14.4. The van der Waals surface area contributed by atoms with E-state index in [9.17, 15) is 14.7 Å². The standard InChI is InChI=1S/C13H25NO5/c1-12(2,3)18-10(16)9(7-8-15)14-11(17)19-13(4,5)6/h9,15H,7-8H2,1-6H3,(H,14,17)/t9-/m0/s1/i8T2. The van der Waals surface area contributed by atoms with Crippen molar-refractivity contribution >= 4 is 12.1 Å². The van der Waals surface area contributed by atoms with Crippen LogP contribution in [0.2, 0.25) is 0 Å². The largest absolute Gasteiger partial charge is 0.458 e. The summed E-state index contributed by atoms with van der Waals surface area (Å²) in [6.07, 6.45) is -1.52. The zero-order chi connectivity index (χ0) is 17.1. The third-order valence-corrected chi connectivity index (χ3v) is 1.68. The summed E-state index contributed by atoms with van der Waals surface area (Å²) in [7, 11) is 0. The van der Waals surface area contributed by atoms with E-state index in [-0.39, 0.29) is 0 Å². The van der Waals surface area contributed by atoms with E-state index in [0.717, 1.165) is 0 Å². The second-order valence-corrected chi connectivity index (χ2v) is 6.09. The molecule has 0 aromatic rings. The van der Waals surface area contributed by atoms with Crippen LogP contribution in [-0.2, 0) is 14.3 Å². The van der Waals surface area contributed by atoms with E-state index >= 15 is 0 Å². The highest BCUT2D eigenvalue weighted by atomic mass is 16.6. The third kappa shape index (κ3) is 9.30. The summed E-state index contributed by atoms with van der Waals surface area (Å²) in [4.78, 5) is 23.6. The quantitative estimate of drug-likeness (QED) is 0.764. The van der Waals surface area contributed by atoms with Crippen LogP contribution in [0.3, 0.4) is 0 Å². The number of ether oxygens (including phenoxy) is 2. The molecule has 0 fully saturated rings. The number of hydrogen-bond acceptors (Lipinski definition) is 5. The van der Waals surface area contributed by atoms with Crippen molar-refractivity contribution in [1.29, 1.82) is 0 Å². The number of carbonyl (C=O) groups is 2. The van der Waals surface area contributed by atoms with E-state index in [2.05, 4.69) is 5.32 Å². The maximum absolute atomic E-state index is 12.0. The summed E-state index contributed by atoms with van der Waals surface area (Å²) >= 11 is 0.